The Hall–Kier alpha value is -3.39. The minimum atomic E-state index is -0.292. The van der Waals surface area contributed by atoms with E-state index in [-0.39, 0.29) is 29.5 Å². The maximum Gasteiger partial charge on any atom is 0.237 e. The number of hydrogen-bond acceptors (Lipinski definition) is 6. The summed E-state index contributed by atoms with van der Waals surface area (Å²) in [6, 6.07) is 18.8. The van der Waals surface area contributed by atoms with E-state index in [1.165, 1.54) is 0 Å². The predicted octanol–water partition coefficient (Wildman–Crippen LogP) is 3.29. The average molecular weight is 449 g/mol. The Balaban J connectivity index is 1.29. The maximum absolute atomic E-state index is 12.8. The highest BCUT2D eigenvalue weighted by molar-refractivity contribution is 8.00. The summed E-state index contributed by atoms with van der Waals surface area (Å²) in [6.07, 6.45) is 4.12. The van der Waals surface area contributed by atoms with Gasteiger partial charge in [0.2, 0.25) is 11.8 Å². The number of nitrogens with zero attached hydrogens (tertiary/aromatic N) is 2. The molecule has 7 nitrogen and oxygen atoms in total. The third-order valence-electron chi connectivity index (χ3n) is 4.98. The fourth-order valence-electron chi connectivity index (χ4n) is 3.35. The van der Waals surface area contributed by atoms with Crippen LogP contribution in [0, 0.1) is 0 Å². The van der Waals surface area contributed by atoms with Gasteiger partial charge in [0.05, 0.1) is 6.42 Å². The standard InChI is InChI=1S/C24H24N4O3S/c29-22(15-21-25-12-4-13-26-21)27-16-18-11-14-32-23(24(30)28-18)17-7-9-20(10-8-17)31-19-5-2-1-3-6-19/h1-10,12-13,18,23H,11,14-16H2,(H,27,29)(H,28,30)/t18-,23+/m0/s1. The Kier molecular flexibility index (Phi) is 7.34. The summed E-state index contributed by atoms with van der Waals surface area (Å²) in [7, 11) is 0. The van der Waals surface area contributed by atoms with E-state index in [9.17, 15) is 9.59 Å². The fourth-order valence-corrected chi connectivity index (χ4v) is 4.58. The first-order valence-corrected chi connectivity index (χ1v) is 11.5. The first-order chi connectivity index (χ1) is 15.7. The third kappa shape index (κ3) is 6.07. The lowest BCUT2D eigenvalue weighted by molar-refractivity contribution is -0.123. The minimum Gasteiger partial charge on any atom is -0.457 e. The lowest BCUT2D eigenvalue weighted by Gasteiger charge is -2.18. The number of hydrogen-bond donors (Lipinski definition) is 2. The van der Waals surface area contributed by atoms with E-state index in [4.69, 9.17) is 4.74 Å². The molecule has 2 amide bonds. The van der Waals surface area contributed by atoms with Crippen LogP contribution in [-0.2, 0) is 16.0 Å². The smallest absolute Gasteiger partial charge is 0.237 e. The normalized spacial score (nSPS) is 18.3. The molecule has 1 aromatic heterocycles. The van der Waals surface area contributed by atoms with E-state index in [0.29, 0.717) is 12.4 Å². The molecule has 2 heterocycles. The Morgan fingerprint density at radius 3 is 2.50 bits per heavy atom. The molecule has 0 radical (unpaired) electrons. The number of amides is 2. The molecule has 1 saturated heterocycles. The quantitative estimate of drug-likeness (QED) is 0.576. The van der Waals surface area contributed by atoms with Gasteiger partial charge in [0.25, 0.3) is 0 Å². The Morgan fingerprint density at radius 1 is 1.03 bits per heavy atom. The van der Waals surface area contributed by atoms with Crippen molar-refractivity contribution < 1.29 is 14.3 Å². The summed E-state index contributed by atoms with van der Waals surface area (Å²) in [6.45, 7) is 0.383. The number of thioether (sulfide) groups is 1. The number of carbonyl (C=O) groups excluding carboxylic acids is 2. The molecule has 1 fully saturated rings. The van der Waals surface area contributed by atoms with Gasteiger partial charge in [-0.1, -0.05) is 30.3 Å². The molecule has 1 aliphatic heterocycles. The van der Waals surface area contributed by atoms with Crippen LogP contribution < -0.4 is 15.4 Å². The predicted molar refractivity (Wildman–Crippen MR) is 123 cm³/mol. The Labute approximate surface area is 191 Å². The van der Waals surface area contributed by atoms with Crippen LogP contribution in [0.2, 0.25) is 0 Å². The minimum absolute atomic E-state index is 0.0464. The van der Waals surface area contributed by atoms with E-state index in [1.54, 1.807) is 30.2 Å². The number of ether oxygens (including phenoxy) is 1. The molecular weight excluding hydrogens is 424 g/mol. The SMILES string of the molecule is O=C(Cc1ncccn1)NC[C@@H]1CCS[C@H](c2ccc(Oc3ccccc3)cc2)C(=O)N1. The number of aromatic nitrogens is 2. The number of benzene rings is 2. The van der Waals surface area contributed by atoms with Gasteiger partial charge in [-0.3, -0.25) is 9.59 Å². The van der Waals surface area contributed by atoms with E-state index >= 15 is 0 Å². The molecular formula is C24H24N4O3S. The zero-order valence-electron chi connectivity index (χ0n) is 17.4. The molecule has 8 heteroatoms. The van der Waals surface area contributed by atoms with Crippen molar-refractivity contribution in [2.75, 3.05) is 12.3 Å². The van der Waals surface area contributed by atoms with Crippen LogP contribution >= 0.6 is 11.8 Å². The van der Waals surface area contributed by atoms with Crippen molar-refractivity contribution in [1.82, 2.24) is 20.6 Å². The highest BCUT2D eigenvalue weighted by atomic mass is 32.2. The number of nitrogens with one attached hydrogen (secondary N) is 2. The van der Waals surface area contributed by atoms with Crippen molar-refractivity contribution in [3.63, 3.8) is 0 Å². The topological polar surface area (TPSA) is 93.2 Å². The first kappa shape index (κ1) is 21.8. The molecule has 2 aromatic carbocycles. The van der Waals surface area contributed by atoms with Crippen LogP contribution in [0.3, 0.4) is 0 Å². The average Bonchev–Trinajstić information content (AvgIpc) is 3.01. The van der Waals surface area contributed by atoms with Crippen LogP contribution in [0.15, 0.2) is 73.1 Å². The molecule has 4 rings (SSSR count). The highest BCUT2D eigenvalue weighted by Crippen LogP contribution is 2.33. The van der Waals surface area contributed by atoms with Crippen molar-refractivity contribution in [2.24, 2.45) is 0 Å². The number of carbonyl (C=O) groups is 2. The van der Waals surface area contributed by atoms with Crippen molar-refractivity contribution in [3.05, 3.63) is 84.4 Å². The molecule has 0 aliphatic carbocycles. The molecule has 1 aliphatic rings. The van der Waals surface area contributed by atoms with Gasteiger partial charge >= 0.3 is 0 Å². The van der Waals surface area contributed by atoms with Crippen LogP contribution in [0.1, 0.15) is 23.1 Å². The molecule has 0 spiro atoms. The summed E-state index contributed by atoms with van der Waals surface area (Å²) in [5, 5.41) is 5.65. The van der Waals surface area contributed by atoms with Crippen LogP contribution in [0.4, 0.5) is 0 Å². The van der Waals surface area contributed by atoms with Gasteiger partial charge in [0, 0.05) is 25.0 Å². The fraction of sp³-hybridized carbons (Fsp3) is 0.250. The van der Waals surface area contributed by atoms with Gasteiger partial charge in [-0.25, -0.2) is 9.97 Å². The molecule has 32 heavy (non-hydrogen) atoms. The van der Waals surface area contributed by atoms with E-state index in [0.717, 1.165) is 29.2 Å². The second kappa shape index (κ2) is 10.8. The van der Waals surface area contributed by atoms with Gasteiger partial charge < -0.3 is 15.4 Å². The zero-order chi connectivity index (χ0) is 22.2. The van der Waals surface area contributed by atoms with Crippen LogP contribution in [0.5, 0.6) is 11.5 Å². The van der Waals surface area contributed by atoms with E-state index < -0.39 is 0 Å². The zero-order valence-corrected chi connectivity index (χ0v) is 18.3. The Morgan fingerprint density at radius 2 is 1.75 bits per heavy atom. The second-order valence-electron chi connectivity index (χ2n) is 7.38. The van der Waals surface area contributed by atoms with Gasteiger partial charge in [0.1, 0.15) is 22.6 Å². The number of rotatable bonds is 7. The summed E-state index contributed by atoms with van der Waals surface area (Å²) in [5.41, 5.74) is 0.929. The summed E-state index contributed by atoms with van der Waals surface area (Å²) in [5.74, 6) is 2.58. The van der Waals surface area contributed by atoms with Gasteiger partial charge in [-0.15, -0.1) is 11.8 Å². The molecule has 0 unspecified atom stereocenters. The second-order valence-corrected chi connectivity index (χ2v) is 8.59. The maximum atomic E-state index is 12.8. The van der Waals surface area contributed by atoms with E-state index in [2.05, 4.69) is 20.6 Å². The molecule has 3 aromatic rings. The molecule has 164 valence electrons. The van der Waals surface area contributed by atoms with Crippen molar-refractivity contribution in [2.45, 2.75) is 24.1 Å². The summed E-state index contributed by atoms with van der Waals surface area (Å²) < 4.78 is 5.83. The third-order valence-corrected chi connectivity index (χ3v) is 6.27. The van der Waals surface area contributed by atoms with Gasteiger partial charge in [-0.05, 0) is 48.1 Å². The lowest BCUT2D eigenvalue weighted by atomic mass is 10.1. The molecule has 2 N–H and O–H groups in total. The van der Waals surface area contributed by atoms with Gasteiger partial charge in [0.15, 0.2) is 0 Å². The van der Waals surface area contributed by atoms with Crippen molar-refractivity contribution in [1.29, 1.82) is 0 Å². The Bertz CT molecular complexity index is 1030. The molecule has 2 atom stereocenters. The molecule has 0 saturated carbocycles. The van der Waals surface area contributed by atoms with Gasteiger partial charge in [-0.2, -0.15) is 0 Å². The lowest BCUT2D eigenvalue weighted by Crippen LogP contribution is -2.44. The van der Waals surface area contributed by atoms with Crippen molar-refractivity contribution >= 4 is 23.6 Å². The molecule has 0 bridgehead atoms. The largest absolute Gasteiger partial charge is 0.457 e. The van der Waals surface area contributed by atoms with E-state index in [1.807, 2.05) is 54.6 Å². The van der Waals surface area contributed by atoms with Crippen LogP contribution in [-0.4, -0.2) is 40.1 Å². The summed E-state index contributed by atoms with van der Waals surface area (Å²) in [4.78, 5) is 33.1. The first-order valence-electron chi connectivity index (χ1n) is 10.4. The monoisotopic (exact) mass is 448 g/mol. The summed E-state index contributed by atoms with van der Waals surface area (Å²) >= 11 is 1.61. The number of para-hydroxylation sites is 1. The van der Waals surface area contributed by atoms with Crippen LogP contribution in [0.25, 0.3) is 0 Å². The van der Waals surface area contributed by atoms with Crippen molar-refractivity contribution in [3.8, 4) is 11.5 Å². The highest BCUT2D eigenvalue weighted by Gasteiger charge is 2.27.